The number of fused-ring (bicyclic) bond motifs is 1. The molecule has 3 rings (SSSR count). The van der Waals surface area contributed by atoms with Gasteiger partial charge >= 0.3 is 0 Å². The molecule has 0 bridgehead atoms. The van der Waals surface area contributed by atoms with E-state index >= 15 is 0 Å². The number of benzene rings is 3. The molecule has 3 aromatic rings. The molecular weight excluding hydrogens is 396 g/mol. The Morgan fingerprint density at radius 2 is 1.62 bits per heavy atom. The van der Waals surface area contributed by atoms with Crippen LogP contribution in [0.25, 0.3) is 10.8 Å². The van der Waals surface area contributed by atoms with Crippen molar-refractivity contribution < 1.29 is 14.3 Å². The van der Waals surface area contributed by atoms with Gasteiger partial charge in [0, 0.05) is 10.0 Å². The summed E-state index contributed by atoms with van der Waals surface area (Å²) in [6, 6.07) is 20.3. The van der Waals surface area contributed by atoms with Crippen LogP contribution >= 0.6 is 15.9 Å². The Balaban J connectivity index is 1.56. The van der Waals surface area contributed by atoms with Gasteiger partial charge in [-0.2, -0.15) is 0 Å². The molecule has 0 aliphatic rings. The highest BCUT2D eigenvalue weighted by molar-refractivity contribution is 9.10. The Bertz CT molecular complexity index is 941. The smallest absolute Gasteiger partial charge is 0.279 e. The van der Waals surface area contributed by atoms with Gasteiger partial charge in [0.05, 0.1) is 0 Å². The maximum Gasteiger partial charge on any atom is 0.279 e. The molecule has 0 unspecified atom stereocenters. The van der Waals surface area contributed by atoms with Crippen molar-refractivity contribution in [2.24, 2.45) is 0 Å². The number of hydrogen-bond donors (Lipinski definition) is 2. The summed E-state index contributed by atoms with van der Waals surface area (Å²) < 4.78 is 6.54. The predicted octanol–water partition coefficient (Wildman–Crippen LogP) is 3.83. The standard InChI is InChI=1S/C20H17BrN2O3/c1-13(26-18-11-8-14-4-2-3-5-16(14)12-18)19(24)22-23-20(25)15-6-9-17(21)10-7-15/h2-13H,1H3,(H,22,24)(H,23,25)/t13-/m0/s1. The van der Waals surface area contributed by atoms with Crippen molar-refractivity contribution in [3.63, 3.8) is 0 Å². The number of nitrogens with one attached hydrogen (secondary N) is 2. The number of hydrazine groups is 1. The Morgan fingerprint density at radius 3 is 2.35 bits per heavy atom. The molecule has 0 saturated carbocycles. The molecule has 1 atom stereocenters. The van der Waals surface area contributed by atoms with E-state index in [9.17, 15) is 9.59 Å². The molecule has 6 heteroatoms. The zero-order valence-corrected chi connectivity index (χ0v) is 15.6. The summed E-state index contributed by atoms with van der Waals surface area (Å²) in [6.07, 6.45) is -0.763. The Labute approximate surface area is 159 Å². The third-order valence-corrected chi connectivity index (χ3v) is 4.34. The first-order valence-corrected chi connectivity index (χ1v) is 8.83. The molecule has 3 aromatic carbocycles. The van der Waals surface area contributed by atoms with Crippen LogP contribution in [0.4, 0.5) is 0 Å². The van der Waals surface area contributed by atoms with Gasteiger partial charge in [0.1, 0.15) is 5.75 Å². The largest absolute Gasteiger partial charge is 0.481 e. The van der Waals surface area contributed by atoms with Gasteiger partial charge in [-0.3, -0.25) is 20.4 Å². The topological polar surface area (TPSA) is 67.4 Å². The molecule has 5 nitrogen and oxygen atoms in total. The summed E-state index contributed by atoms with van der Waals surface area (Å²) in [5.41, 5.74) is 5.20. The van der Waals surface area contributed by atoms with E-state index in [0.29, 0.717) is 11.3 Å². The number of ether oxygens (including phenoxy) is 1. The zero-order valence-electron chi connectivity index (χ0n) is 14.0. The minimum atomic E-state index is -0.763. The van der Waals surface area contributed by atoms with Gasteiger partial charge in [-0.1, -0.05) is 46.3 Å². The van der Waals surface area contributed by atoms with Crippen LogP contribution in [-0.4, -0.2) is 17.9 Å². The molecule has 0 aliphatic heterocycles. The van der Waals surface area contributed by atoms with Gasteiger partial charge in [0.2, 0.25) is 0 Å². The van der Waals surface area contributed by atoms with E-state index in [2.05, 4.69) is 26.8 Å². The Hall–Kier alpha value is -2.86. The number of carbonyl (C=O) groups is 2. The first kappa shape index (κ1) is 17.9. The molecule has 0 radical (unpaired) electrons. The second-order valence-electron chi connectivity index (χ2n) is 5.72. The zero-order chi connectivity index (χ0) is 18.5. The third-order valence-electron chi connectivity index (χ3n) is 3.81. The molecule has 0 aliphatic carbocycles. The Morgan fingerprint density at radius 1 is 0.923 bits per heavy atom. The number of halogens is 1. The molecule has 2 N–H and O–H groups in total. The highest BCUT2D eigenvalue weighted by Gasteiger charge is 2.16. The summed E-state index contributed by atoms with van der Waals surface area (Å²) in [4.78, 5) is 24.1. The number of hydrogen-bond acceptors (Lipinski definition) is 3. The molecule has 0 saturated heterocycles. The van der Waals surface area contributed by atoms with Crippen LogP contribution < -0.4 is 15.6 Å². The van der Waals surface area contributed by atoms with Crippen molar-refractivity contribution in [2.45, 2.75) is 13.0 Å². The van der Waals surface area contributed by atoms with Gasteiger partial charge in [-0.25, -0.2) is 0 Å². The normalized spacial score (nSPS) is 11.6. The quantitative estimate of drug-likeness (QED) is 0.639. The second-order valence-corrected chi connectivity index (χ2v) is 6.63. The van der Waals surface area contributed by atoms with Crippen LogP contribution in [-0.2, 0) is 4.79 Å². The maximum atomic E-state index is 12.1. The fourth-order valence-corrected chi connectivity index (χ4v) is 2.66. The van der Waals surface area contributed by atoms with Crippen LogP contribution in [0.1, 0.15) is 17.3 Å². The molecule has 0 fully saturated rings. The van der Waals surface area contributed by atoms with Gasteiger partial charge in [0.25, 0.3) is 11.8 Å². The molecule has 2 amide bonds. The van der Waals surface area contributed by atoms with E-state index in [-0.39, 0.29) is 0 Å². The van der Waals surface area contributed by atoms with E-state index in [1.165, 1.54) is 0 Å². The first-order chi connectivity index (χ1) is 12.5. The lowest BCUT2D eigenvalue weighted by Gasteiger charge is -2.15. The summed E-state index contributed by atoms with van der Waals surface area (Å²) >= 11 is 3.30. The van der Waals surface area contributed by atoms with E-state index < -0.39 is 17.9 Å². The summed E-state index contributed by atoms with van der Waals surface area (Å²) in [5.74, 6) is -0.252. The van der Waals surface area contributed by atoms with Crippen molar-refractivity contribution in [2.75, 3.05) is 0 Å². The lowest BCUT2D eigenvalue weighted by Crippen LogP contribution is -2.47. The van der Waals surface area contributed by atoms with Crippen molar-refractivity contribution in [3.8, 4) is 5.75 Å². The molecule has 0 spiro atoms. The summed E-state index contributed by atoms with van der Waals surface area (Å²) in [6.45, 7) is 1.62. The van der Waals surface area contributed by atoms with Gasteiger partial charge in [-0.15, -0.1) is 0 Å². The number of amides is 2. The van der Waals surface area contributed by atoms with E-state index in [0.717, 1.165) is 15.2 Å². The fourth-order valence-electron chi connectivity index (χ4n) is 2.39. The fraction of sp³-hybridized carbons (Fsp3) is 0.100. The van der Waals surface area contributed by atoms with Crippen LogP contribution in [0.3, 0.4) is 0 Å². The van der Waals surface area contributed by atoms with E-state index in [1.807, 2.05) is 42.5 Å². The minimum absolute atomic E-state index is 0.399. The van der Waals surface area contributed by atoms with Crippen LogP contribution in [0.5, 0.6) is 5.75 Å². The first-order valence-electron chi connectivity index (χ1n) is 8.04. The second kappa shape index (κ2) is 8.01. The molecule has 132 valence electrons. The SMILES string of the molecule is C[C@H](Oc1ccc2ccccc2c1)C(=O)NNC(=O)c1ccc(Br)cc1. The maximum absolute atomic E-state index is 12.1. The van der Waals surface area contributed by atoms with Crippen molar-refractivity contribution in [1.29, 1.82) is 0 Å². The van der Waals surface area contributed by atoms with Gasteiger partial charge in [-0.05, 0) is 54.1 Å². The number of rotatable bonds is 4. The van der Waals surface area contributed by atoms with Crippen LogP contribution in [0.15, 0.2) is 71.2 Å². The highest BCUT2D eigenvalue weighted by Crippen LogP contribution is 2.21. The number of carbonyl (C=O) groups excluding carboxylic acids is 2. The van der Waals surface area contributed by atoms with E-state index in [4.69, 9.17) is 4.74 Å². The van der Waals surface area contributed by atoms with Crippen molar-refractivity contribution in [1.82, 2.24) is 10.9 Å². The molecule has 0 heterocycles. The van der Waals surface area contributed by atoms with Gasteiger partial charge in [0.15, 0.2) is 6.10 Å². The van der Waals surface area contributed by atoms with Gasteiger partial charge < -0.3 is 4.74 Å². The van der Waals surface area contributed by atoms with E-state index in [1.54, 1.807) is 31.2 Å². The van der Waals surface area contributed by atoms with Crippen molar-refractivity contribution >= 4 is 38.5 Å². The lowest BCUT2D eigenvalue weighted by molar-refractivity contribution is -0.128. The highest BCUT2D eigenvalue weighted by atomic mass is 79.9. The minimum Gasteiger partial charge on any atom is -0.481 e. The van der Waals surface area contributed by atoms with Crippen LogP contribution in [0, 0.1) is 0 Å². The lowest BCUT2D eigenvalue weighted by atomic mass is 10.1. The molecule has 26 heavy (non-hydrogen) atoms. The Kier molecular flexibility index (Phi) is 5.53. The third kappa shape index (κ3) is 4.40. The van der Waals surface area contributed by atoms with Crippen LogP contribution in [0.2, 0.25) is 0 Å². The predicted molar refractivity (Wildman–Crippen MR) is 104 cm³/mol. The average Bonchev–Trinajstić information content (AvgIpc) is 2.66. The summed E-state index contributed by atoms with van der Waals surface area (Å²) in [5, 5.41) is 2.12. The molecular formula is C20H17BrN2O3. The average molecular weight is 413 g/mol. The summed E-state index contributed by atoms with van der Waals surface area (Å²) in [7, 11) is 0. The van der Waals surface area contributed by atoms with Crippen molar-refractivity contribution in [3.05, 3.63) is 76.8 Å². The monoisotopic (exact) mass is 412 g/mol. The molecule has 0 aromatic heterocycles.